The van der Waals surface area contributed by atoms with Crippen LogP contribution in [0.3, 0.4) is 0 Å². The molecule has 0 aliphatic rings. The van der Waals surface area contributed by atoms with Crippen molar-refractivity contribution >= 4 is 66.1 Å². The predicted molar refractivity (Wildman–Crippen MR) is 183 cm³/mol. The maximum Gasteiger partial charge on any atom is 0.264 e. The van der Waals surface area contributed by atoms with E-state index in [2.05, 4.69) is 74.4 Å². The highest BCUT2D eigenvalue weighted by molar-refractivity contribution is 6.18. The molecule has 0 spiro atoms. The Morgan fingerprint density at radius 3 is 2.20 bits per heavy atom. The number of rotatable bonds is 8. The molecule has 0 saturated carbocycles. The number of nitrogens with zero attached hydrogens (tertiary/aromatic N) is 6. The van der Waals surface area contributed by atoms with Gasteiger partial charge < -0.3 is 26.4 Å². The first kappa shape index (κ1) is 30.6. The smallest absolute Gasteiger partial charge is 0.264 e. The minimum atomic E-state index is -0.0638. The first-order valence-electron chi connectivity index (χ1n) is 15.4. The SMILES string of the molecule is CCC(CN(CC)c1ccc(N=Nc2cc3cccc4c(=O)n5c6cccc7cccc(nc5c(c2)c34)c76)cc1)[N+](C)(C)C.[Br-]. The Morgan fingerprint density at radius 1 is 0.800 bits per heavy atom. The molecule has 1 unspecified atom stereocenters. The summed E-state index contributed by atoms with van der Waals surface area (Å²) in [5.41, 5.74) is 4.98. The Bertz CT molecular complexity index is 2250. The summed E-state index contributed by atoms with van der Waals surface area (Å²) in [6.45, 7) is 6.42. The molecule has 0 saturated heterocycles. The molecule has 0 fully saturated rings. The minimum Gasteiger partial charge on any atom is -1.00 e. The summed E-state index contributed by atoms with van der Waals surface area (Å²) in [4.78, 5) is 21.4. The van der Waals surface area contributed by atoms with Crippen LogP contribution in [0.25, 0.3) is 49.0 Å². The summed E-state index contributed by atoms with van der Waals surface area (Å²) < 4.78 is 2.70. The van der Waals surface area contributed by atoms with Crippen LogP contribution in [0.4, 0.5) is 17.1 Å². The average molecular weight is 662 g/mol. The molecule has 0 bridgehead atoms. The number of fused-ring (bicyclic) bond motifs is 3. The second-order valence-corrected chi connectivity index (χ2v) is 12.6. The van der Waals surface area contributed by atoms with E-state index >= 15 is 0 Å². The van der Waals surface area contributed by atoms with Gasteiger partial charge in [0.2, 0.25) is 0 Å². The van der Waals surface area contributed by atoms with E-state index in [1.165, 1.54) is 5.69 Å². The fourth-order valence-corrected chi connectivity index (χ4v) is 6.63. The van der Waals surface area contributed by atoms with Crippen molar-refractivity contribution in [1.82, 2.24) is 9.38 Å². The highest BCUT2D eigenvalue weighted by Gasteiger charge is 2.24. The summed E-state index contributed by atoms with van der Waals surface area (Å²) in [5.74, 6) is 0. The van der Waals surface area contributed by atoms with Crippen LogP contribution in [0.1, 0.15) is 20.3 Å². The molecule has 0 amide bonds. The van der Waals surface area contributed by atoms with Gasteiger partial charge in [0.1, 0.15) is 11.7 Å². The van der Waals surface area contributed by atoms with Crippen molar-refractivity contribution < 1.29 is 21.5 Å². The van der Waals surface area contributed by atoms with Gasteiger partial charge in [0.05, 0.1) is 50.1 Å². The molecule has 45 heavy (non-hydrogen) atoms. The van der Waals surface area contributed by atoms with Gasteiger partial charge in [0.25, 0.3) is 5.56 Å². The molecule has 2 aromatic heterocycles. The quantitative estimate of drug-likeness (QED) is 0.0940. The molecule has 7 rings (SSSR count). The van der Waals surface area contributed by atoms with Crippen LogP contribution < -0.4 is 27.4 Å². The van der Waals surface area contributed by atoms with E-state index < -0.39 is 0 Å². The average Bonchev–Trinajstić information content (AvgIpc) is 3.03. The number of hydrogen-bond acceptors (Lipinski definition) is 5. The Labute approximate surface area is 273 Å². The Balaban J connectivity index is 0.00000357. The number of hydrogen-bond donors (Lipinski definition) is 0. The van der Waals surface area contributed by atoms with Gasteiger partial charge in [-0.2, -0.15) is 10.2 Å². The number of halogens is 1. The number of aromatic nitrogens is 2. The molecule has 0 N–H and O–H groups in total. The van der Waals surface area contributed by atoms with Crippen LogP contribution in [0.5, 0.6) is 0 Å². The lowest BCUT2D eigenvalue weighted by Gasteiger charge is -2.37. The Morgan fingerprint density at radius 2 is 1.49 bits per heavy atom. The number of azo groups is 1. The maximum absolute atomic E-state index is 13.9. The van der Waals surface area contributed by atoms with Crippen LogP contribution in [0.2, 0.25) is 0 Å². The third-order valence-corrected chi connectivity index (χ3v) is 9.05. The summed E-state index contributed by atoms with van der Waals surface area (Å²) in [5, 5.41) is 14.7. The van der Waals surface area contributed by atoms with Crippen LogP contribution in [-0.4, -0.2) is 54.1 Å². The van der Waals surface area contributed by atoms with Crippen molar-refractivity contribution in [2.45, 2.75) is 26.3 Å². The monoisotopic (exact) mass is 660 g/mol. The first-order chi connectivity index (χ1) is 21.3. The van der Waals surface area contributed by atoms with Crippen LogP contribution >= 0.6 is 0 Å². The van der Waals surface area contributed by atoms with Gasteiger partial charge in [0, 0.05) is 33.8 Å². The van der Waals surface area contributed by atoms with Crippen molar-refractivity contribution in [1.29, 1.82) is 0 Å². The normalized spacial score (nSPS) is 13.0. The number of benzene rings is 5. The fourth-order valence-electron chi connectivity index (χ4n) is 6.63. The number of likely N-dealkylation sites (N-methyl/N-ethyl adjacent to an activating group) is 2. The predicted octanol–water partition coefficient (Wildman–Crippen LogP) is 5.48. The van der Waals surface area contributed by atoms with Crippen molar-refractivity contribution in [3.8, 4) is 0 Å². The summed E-state index contributed by atoms with van der Waals surface area (Å²) in [7, 11) is 6.80. The molecule has 0 radical (unpaired) electrons. The van der Waals surface area contributed by atoms with E-state index in [1.807, 2.05) is 66.7 Å². The first-order valence-corrected chi connectivity index (χ1v) is 15.4. The third kappa shape index (κ3) is 5.32. The van der Waals surface area contributed by atoms with E-state index in [4.69, 9.17) is 4.98 Å². The van der Waals surface area contributed by atoms with E-state index in [1.54, 1.807) is 4.40 Å². The molecule has 1 atom stereocenters. The lowest BCUT2D eigenvalue weighted by Crippen LogP contribution is -3.00. The van der Waals surface area contributed by atoms with Gasteiger partial charge in [-0.25, -0.2) is 4.98 Å². The molecule has 5 aromatic carbocycles. The fraction of sp³-hybridized carbons (Fsp3) is 0.243. The standard InChI is InChI=1S/C37H37N6O.BrH/c1-6-29(43(3,4)5)23-41(7-2)28-19-17-26(18-20-28)39-40-27-21-25-13-8-14-30-34(25)31(22-27)36-38-32-15-9-11-24-12-10-16-33(35(24)32)42(36)37(30)44;/h8-22,29H,6-7,23H2,1-5H3;1H/q+1;/p-1. The summed E-state index contributed by atoms with van der Waals surface area (Å²) in [6.07, 6.45) is 1.13. The van der Waals surface area contributed by atoms with Gasteiger partial charge in [-0.05, 0) is 78.7 Å². The zero-order valence-corrected chi connectivity index (χ0v) is 27.9. The second kappa shape index (κ2) is 11.8. The van der Waals surface area contributed by atoms with Crippen LogP contribution in [0.15, 0.2) is 106 Å². The summed E-state index contributed by atoms with van der Waals surface area (Å²) in [6, 6.07) is 30.9. The van der Waals surface area contributed by atoms with Crippen molar-refractivity contribution in [2.24, 2.45) is 10.2 Å². The van der Waals surface area contributed by atoms with Gasteiger partial charge in [-0.1, -0.05) is 43.3 Å². The zero-order valence-electron chi connectivity index (χ0n) is 26.3. The highest BCUT2D eigenvalue weighted by atomic mass is 79.9. The molecule has 8 heteroatoms. The Kier molecular flexibility index (Phi) is 8.05. The number of pyridine rings is 1. The van der Waals surface area contributed by atoms with Gasteiger partial charge >= 0.3 is 0 Å². The zero-order chi connectivity index (χ0) is 30.6. The lowest BCUT2D eigenvalue weighted by molar-refractivity contribution is -0.894. The van der Waals surface area contributed by atoms with E-state index in [0.717, 1.165) is 67.6 Å². The third-order valence-electron chi connectivity index (χ3n) is 9.05. The highest BCUT2D eigenvalue weighted by Crippen LogP contribution is 2.35. The van der Waals surface area contributed by atoms with Gasteiger partial charge in [-0.3, -0.25) is 9.20 Å². The molecule has 7 aromatic rings. The van der Waals surface area contributed by atoms with E-state index in [0.29, 0.717) is 22.8 Å². The summed E-state index contributed by atoms with van der Waals surface area (Å²) >= 11 is 0. The molecule has 2 heterocycles. The van der Waals surface area contributed by atoms with E-state index in [9.17, 15) is 4.79 Å². The van der Waals surface area contributed by atoms with Gasteiger partial charge in [0.15, 0.2) is 0 Å². The lowest BCUT2D eigenvalue weighted by atomic mass is 10.0. The minimum absolute atomic E-state index is 0. The molecule has 0 aliphatic carbocycles. The molecule has 0 aliphatic heterocycles. The Hall–Kier alpha value is -4.40. The molecular weight excluding hydrogens is 624 g/mol. The number of quaternary nitrogens is 1. The van der Waals surface area contributed by atoms with Crippen molar-refractivity contribution in [2.75, 3.05) is 39.1 Å². The van der Waals surface area contributed by atoms with Crippen LogP contribution in [-0.2, 0) is 0 Å². The second-order valence-electron chi connectivity index (χ2n) is 12.6. The topological polar surface area (TPSA) is 62.3 Å². The molecular formula is C37H37BrN6O. The van der Waals surface area contributed by atoms with E-state index in [-0.39, 0.29) is 22.5 Å². The van der Waals surface area contributed by atoms with Crippen molar-refractivity contribution in [3.05, 3.63) is 101 Å². The van der Waals surface area contributed by atoms with Crippen LogP contribution in [0, 0.1) is 0 Å². The van der Waals surface area contributed by atoms with Gasteiger partial charge in [-0.15, -0.1) is 0 Å². The molecule has 228 valence electrons. The van der Waals surface area contributed by atoms with Crippen molar-refractivity contribution in [3.63, 3.8) is 0 Å². The molecule has 7 nitrogen and oxygen atoms in total. The largest absolute Gasteiger partial charge is 1.00 e. The maximum atomic E-state index is 13.9. The number of anilines is 1.